The van der Waals surface area contributed by atoms with Gasteiger partial charge in [-0.1, -0.05) is 44.9 Å². The lowest BCUT2D eigenvalue weighted by molar-refractivity contribution is 0.0929. The van der Waals surface area contributed by atoms with Crippen molar-refractivity contribution in [2.75, 3.05) is 6.54 Å². The molecule has 5 rings (SSSR count). The molecule has 0 spiro atoms. The van der Waals surface area contributed by atoms with Crippen LogP contribution in [0.1, 0.15) is 66.8 Å². The topological polar surface area (TPSA) is 63.1 Å². The normalized spacial score (nSPS) is 17.2. The van der Waals surface area contributed by atoms with E-state index in [1.807, 2.05) is 12.3 Å². The average molecular weight is 432 g/mol. The maximum Gasteiger partial charge on any atom is 0.272 e. The lowest BCUT2D eigenvalue weighted by Gasteiger charge is -2.28. The van der Waals surface area contributed by atoms with Crippen LogP contribution in [-0.2, 0) is 26.1 Å². The van der Waals surface area contributed by atoms with Crippen LogP contribution in [0.2, 0.25) is 0 Å². The van der Waals surface area contributed by atoms with Crippen molar-refractivity contribution in [3.8, 4) is 0 Å². The standard InChI is InChI=1S/C26H33N5O/c1-18(2)15-31-24-12-14-30(16-19-11-13-27-23-10-6-5-9-21(19)23)17-22(24)25(29-31)26(32)28-20-7-3-4-8-20/h5-6,9-11,13,18,20H,3-4,7-8,12,14-17H2,1-2H3,(H,28,32). The molecule has 168 valence electrons. The van der Waals surface area contributed by atoms with Gasteiger partial charge in [0.25, 0.3) is 5.91 Å². The van der Waals surface area contributed by atoms with Crippen LogP contribution in [-0.4, -0.2) is 38.2 Å². The van der Waals surface area contributed by atoms with Crippen molar-refractivity contribution in [2.24, 2.45) is 5.92 Å². The summed E-state index contributed by atoms with van der Waals surface area (Å²) in [5, 5.41) is 9.30. The van der Waals surface area contributed by atoms with E-state index in [1.165, 1.54) is 29.5 Å². The number of nitrogens with one attached hydrogen (secondary N) is 1. The lowest BCUT2D eigenvalue weighted by atomic mass is 10.0. The molecular formula is C26H33N5O. The second-order valence-electron chi connectivity index (χ2n) is 9.75. The highest BCUT2D eigenvalue weighted by Crippen LogP contribution is 2.27. The van der Waals surface area contributed by atoms with E-state index in [1.54, 1.807) is 0 Å². The number of carbonyl (C=O) groups excluding carboxylic acids is 1. The van der Waals surface area contributed by atoms with Crippen LogP contribution in [0.4, 0.5) is 0 Å². The number of hydrogen-bond donors (Lipinski definition) is 1. The third-order valence-electron chi connectivity index (χ3n) is 6.79. The Balaban J connectivity index is 1.41. The van der Waals surface area contributed by atoms with Crippen molar-refractivity contribution < 1.29 is 4.79 Å². The molecule has 6 heteroatoms. The summed E-state index contributed by atoms with van der Waals surface area (Å²) in [6, 6.07) is 10.7. The van der Waals surface area contributed by atoms with Gasteiger partial charge in [-0.15, -0.1) is 0 Å². The Morgan fingerprint density at radius 3 is 2.81 bits per heavy atom. The van der Waals surface area contributed by atoms with Crippen molar-refractivity contribution >= 4 is 16.8 Å². The number of benzene rings is 1. The van der Waals surface area contributed by atoms with Crippen LogP contribution >= 0.6 is 0 Å². The number of aromatic nitrogens is 3. The maximum atomic E-state index is 13.2. The van der Waals surface area contributed by atoms with Crippen LogP contribution in [0, 0.1) is 5.92 Å². The average Bonchev–Trinajstić information content (AvgIpc) is 3.41. The molecule has 1 aliphatic carbocycles. The van der Waals surface area contributed by atoms with E-state index < -0.39 is 0 Å². The molecule has 1 aromatic carbocycles. The van der Waals surface area contributed by atoms with E-state index in [-0.39, 0.29) is 5.91 Å². The molecule has 3 aromatic rings. The minimum atomic E-state index is 0.00636. The van der Waals surface area contributed by atoms with E-state index >= 15 is 0 Å². The summed E-state index contributed by atoms with van der Waals surface area (Å²) >= 11 is 0. The Morgan fingerprint density at radius 2 is 2.00 bits per heavy atom. The second kappa shape index (κ2) is 9.02. The van der Waals surface area contributed by atoms with Gasteiger partial charge in [-0.25, -0.2) is 0 Å². The fourth-order valence-electron chi connectivity index (χ4n) is 5.22. The van der Waals surface area contributed by atoms with Gasteiger partial charge < -0.3 is 5.32 Å². The Kier molecular flexibility index (Phi) is 5.96. The predicted octanol–water partition coefficient (Wildman–Crippen LogP) is 4.32. The zero-order valence-electron chi connectivity index (χ0n) is 19.2. The number of amides is 1. The van der Waals surface area contributed by atoms with Crippen molar-refractivity contribution in [3.63, 3.8) is 0 Å². The van der Waals surface area contributed by atoms with Crippen molar-refractivity contribution in [3.05, 3.63) is 59.0 Å². The Morgan fingerprint density at radius 1 is 1.19 bits per heavy atom. The monoisotopic (exact) mass is 431 g/mol. The first-order chi connectivity index (χ1) is 15.6. The molecule has 2 aromatic heterocycles. The van der Waals surface area contributed by atoms with E-state index in [0.717, 1.165) is 56.5 Å². The molecule has 0 saturated heterocycles. The molecule has 0 radical (unpaired) electrons. The molecule has 1 saturated carbocycles. The first-order valence-corrected chi connectivity index (χ1v) is 12.0. The number of rotatable bonds is 6. The van der Waals surface area contributed by atoms with E-state index in [9.17, 15) is 4.79 Å². The van der Waals surface area contributed by atoms with Crippen molar-refractivity contribution in [1.82, 2.24) is 25.0 Å². The van der Waals surface area contributed by atoms with Gasteiger partial charge in [0.1, 0.15) is 0 Å². The highest BCUT2D eigenvalue weighted by atomic mass is 16.2. The first-order valence-electron chi connectivity index (χ1n) is 12.0. The smallest absolute Gasteiger partial charge is 0.272 e. The van der Waals surface area contributed by atoms with Crippen LogP contribution in [0.25, 0.3) is 10.9 Å². The van der Waals surface area contributed by atoms with Crippen molar-refractivity contribution in [1.29, 1.82) is 0 Å². The van der Waals surface area contributed by atoms with Crippen LogP contribution in [0.3, 0.4) is 0 Å². The van der Waals surface area contributed by atoms with E-state index in [0.29, 0.717) is 17.7 Å². The Labute approximate surface area is 190 Å². The molecule has 0 unspecified atom stereocenters. The highest BCUT2D eigenvalue weighted by Gasteiger charge is 2.30. The molecule has 1 amide bonds. The molecule has 32 heavy (non-hydrogen) atoms. The highest BCUT2D eigenvalue weighted by molar-refractivity contribution is 5.94. The minimum Gasteiger partial charge on any atom is -0.348 e. The Bertz CT molecular complexity index is 1110. The van der Waals surface area contributed by atoms with E-state index in [2.05, 4.69) is 58.0 Å². The van der Waals surface area contributed by atoms with Crippen LogP contribution < -0.4 is 5.32 Å². The number of para-hydroxylation sites is 1. The molecule has 2 aliphatic rings. The van der Waals surface area contributed by atoms with Gasteiger partial charge in [0, 0.05) is 61.5 Å². The predicted molar refractivity (Wildman–Crippen MR) is 126 cm³/mol. The zero-order chi connectivity index (χ0) is 22.1. The van der Waals surface area contributed by atoms with Gasteiger partial charge in [0.05, 0.1) is 5.52 Å². The lowest BCUT2D eigenvalue weighted by Crippen LogP contribution is -2.35. The molecule has 1 aliphatic heterocycles. The number of fused-ring (bicyclic) bond motifs is 2. The number of nitrogens with zero attached hydrogens (tertiary/aromatic N) is 4. The molecule has 1 fully saturated rings. The SMILES string of the molecule is CC(C)Cn1nc(C(=O)NC2CCCC2)c2c1CCN(Cc1ccnc3ccccc13)C2. The number of hydrogen-bond acceptors (Lipinski definition) is 4. The largest absolute Gasteiger partial charge is 0.348 e. The van der Waals surface area contributed by atoms with Gasteiger partial charge >= 0.3 is 0 Å². The van der Waals surface area contributed by atoms with Gasteiger partial charge in [-0.05, 0) is 36.5 Å². The summed E-state index contributed by atoms with van der Waals surface area (Å²) in [6.07, 6.45) is 7.41. The number of pyridine rings is 1. The summed E-state index contributed by atoms with van der Waals surface area (Å²) in [4.78, 5) is 20.1. The quantitative estimate of drug-likeness (QED) is 0.631. The zero-order valence-corrected chi connectivity index (χ0v) is 19.2. The second-order valence-corrected chi connectivity index (χ2v) is 9.75. The summed E-state index contributed by atoms with van der Waals surface area (Å²) in [6.45, 7) is 7.84. The summed E-state index contributed by atoms with van der Waals surface area (Å²) < 4.78 is 2.10. The fourth-order valence-corrected chi connectivity index (χ4v) is 5.22. The summed E-state index contributed by atoms with van der Waals surface area (Å²) in [5.74, 6) is 0.498. The van der Waals surface area contributed by atoms with Gasteiger partial charge in [-0.3, -0.25) is 19.4 Å². The molecule has 3 heterocycles. The van der Waals surface area contributed by atoms with Crippen LogP contribution in [0.5, 0.6) is 0 Å². The first kappa shape index (κ1) is 21.1. The Hall–Kier alpha value is -2.73. The summed E-state index contributed by atoms with van der Waals surface area (Å²) in [7, 11) is 0. The molecule has 0 bridgehead atoms. The maximum absolute atomic E-state index is 13.2. The molecule has 1 N–H and O–H groups in total. The third-order valence-corrected chi connectivity index (χ3v) is 6.79. The molecule has 0 atom stereocenters. The van der Waals surface area contributed by atoms with Crippen LogP contribution in [0.15, 0.2) is 36.5 Å². The molecule has 6 nitrogen and oxygen atoms in total. The number of carbonyl (C=O) groups is 1. The fraction of sp³-hybridized carbons (Fsp3) is 0.500. The van der Waals surface area contributed by atoms with Crippen molar-refractivity contribution in [2.45, 2.75) is 71.6 Å². The van der Waals surface area contributed by atoms with Gasteiger partial charge in [-0.2, -0.15) is 5.10 Å². The van der Waals surface area contributed by atoms with Gasteiger partial charge in [0.2, 0.25) is 0 Å². The third kappa shape index (κ3) is 4.29. The van der Waals surface area contributed by atoms with Gasteiger partial charge in [0.15, 0.2) is 5.69 Å². The minimum absolute atomic E-state index is 0.00636. The summed E-state index contributed by atoms with van der Waals surface area (Å²) in [5.41, 5.74) is 5.31. The molecular weight excluding hydrogens is 398 g/mol. The van der Waals surface area contributed by atoms with E-state index in [4.69, 9.17) is 5.10 Å².